The highest BCUT2D eigenvalue weighted by atomic mass is 19.1. The Hall–Kier alpha value is -2.53. The van der Waals surface area contributed by atoms with Crippen molar-refractivity contribution in [3.05, 3.63) is 81.7 Å². The fraction of sp³-hybridized carbons (Fsp3) is 0.462. The Labute approximate surface area is 185 Å². The van der Waals surface area contributed by atoms with Crippen molar-refractivity contribution in [1.29, 1.82) is 0 Å². The average Bonchev–Trinajstić information content (AvgIpc) is 3.28. The van der Waals surface area contributed by atoms with Crippen LogP contribution in [-0.4, -0.2) is 32.8 Å². The number of aromatic nitrogens is 3. The molecular weight excluding hydrogens is 387 g/mol. The molecular formula is C26H33FN4. The first-order chi connectivity index (χ1) is 14.8. The Kier molecular flexibility index (Phi) is 6.24. The standard InChI is InChI=1S/C26H33FN4/c1-17(2)31-20(5)25(19(4)29-31)16-30-10-9-23(15-30)26-14-22(11-18(3)28-26)12-21-7-6-8-24(27)13-21/h6-8,11,13-14,17,23H,9-10,12,15-16H2,1-5H3/t23-/m1/s1. The van der Waals surface area contributed by atoms with Crippen LogP contribution in [0.1, 0.15) is 71.7 Å². The Morgan fingerprint density at radius 2 is 1.90 bits per heavy atom. The van der Waals surface area contributed by atoms with E-state index in [1.807, 2.05) is 6.07 Å². The summed E-state index contributed by atoms with van der Waals surface area (Å²) in [6.45, 7) is 13.8. The summed E-state index contributed by atoms with van der Waals surface area (Å²) in [6, 6.07) is 11.6. The molecule has 0 bridgehead atoms. The van der Waals surface area contributed by atoms with Crippen LogP contribution in [0, 0.1) is 26.6 Å². The minimum absolute atomic E-state index is 0.179. The van der Waals surface area contributed by atoms with Crippen molar-refractivity contribution >= 4 is 0 Å². The second-order valence-corrected chi connectivity index (χ2v) is 9.26. The van der Waals surface area contributed by atoms with Gasteiger partial charge in [0.1, 0.15) is 5.82 Å². The first-order valence-corrected chi connectivity index (χ1v) is 11.3. The van der Waals surface area contributed by atoms with Crippen LogP contribution in [0.15, 0.2) is 36.4 Å². The third-order valence-electron chi connectivity index (χ3n) is 6.37. The lowest BCUT2D eigenvalue weighted by molar-refractivity contribution is 0.324. The van der Waals surface area contributed by atoms with Gasteiger partial charge in [0.15, 0.2) is 0 Å². The van der Waals surface area contributed by atoms with Crippen molar-refractivity contribution in [3.8, 4) is 0 Å². The van der Waals surface area contributed by atoms with Crippen LogP contribution in [0.2, 0.25) is 0 Å². The maximum atomic E-state index is 13.6. The lowest BCUT2D eigenvalue weighted by Crippen LogP contribution is -2.21. The lowest BCUT2D eigenvalue weighted by Gasteiger charge is -2.17. The van der Waals surface area contributed by atoms with Crippen molar-refractivity contribution < 1.29 is 4.39 Å². The largest absolute Gasteiger partial charge is 0.298 e. The zero-order chi connectivity index (χ0) is 22.1. The molecule has 0 unspecified atom stereocenters. The molecule has 164 valence electrons. The third-order valence-corrected chi connectivity index (χ3v) is 6.37. The van der Waals surface area contributed by atoms with Crippen molar-refractivity contribution in [2.45, 2.75) is 66.0 Å². The molecule has 0 saturated carbocycles. The van der Waals surface area contributed by atoms with E-state index in [2.05, 4.69) is 56.3 Å². The summed E-state index contributed by atoms with van der Waals surface area (Å²) >= 11 is 0. The Balaban J connectivity index is 1.47. The molecule has 3 aromatic rings. The van der Waals surface area contributed by atoms with Crippen LogP contribution in [-0.2, 0) is 13.0 Å². The van der Waals surface area contributed by atoms with E-state index in [1.165, 1.54) is 28.6 Å². The van der Waals surface area contributed by atoms with Crippen LogP contribution >= 0.6 is 0 Å². The molecule has 0 aliphatic carbocycles. The number of aryl methyl sites for hydroxylation is 2. The maximum Gasteiger partial charge on any atom is 0.123 e. The van der Waals surface area contributed by atoms with Gasteiger partial charge in [0.05, 0.1) is 5.69 Å². The first-order valence-electron chi connectivity index (χ1n) is 11.3. The van der Waals surface area contributed by atoms with Crippen LogP contribution in [0.5, 0.6) is 0 Å². The Morgan fingerprint density at radius 3 is 2.61 bits per heavy atom. The second kappa shape index (κ2) is 8.91. The molecule has 1 fully saturated rings. The third kappa shape index (κ3) is 4.87. The van der Waals surface area contributed by atoms with E-state index < -0.39 is 0 Å². The smallest absolute Gasteiger partial charge is 0.123 e. The molecule has 31 heavy (non-hydrogen) atoms. The van der Waals surface area contributed by atoms with Crippen LogP contribution in [0.25, 0.3) is 0 Å². The molecule has 1 saturated heterocycles. The summed E-state index contributed by atoms with van der Waals surface area (Å²) < 4.78 is 15.7. The van der Waals surface area contributed by atoms with Crippen molar-refractivity contribution in [3.63, 3.8) is 0 Å². The van der Waals surface area contributed by atoms with Crippen LogP contribution < -0.4 is 0 Å². The van der Waals surface area contributed by atoms with Crippen molar-refractivity contribution in [2.75, 3.05) is 13.1 Å². The predicted molar refractivity (Wildman–Crippen MR) is 123 cm³/mol. The van der Waals surface area contributed by atoms with Gasteiger partial charge in [0.25, 0.3) is 0 Å². The predicted octanol–water partition coefficient (Wildman–Crippen LogP) is 5.50. The molecule has 2 aromatic heterocycles. The summed E-state index contributed by atoms with van der Waals surface area (Å²) in [5, 5.41) is 4.75. The Bertz CT molecular complexity index is 1070. The molecule has 1 aliphatic rings. The molecule has 3 heterocycles. The summed E-state index contributed by atoms with van der Waals surface area (Å²) in [4.78, 5) is 7.39. The maximum absolute atomic E-state index is 13.6. The molecule has 0 radical (unpaired) electrons. The van der Waals surface area contributed by atoms with Crippen molar-refractivity contribution in [1.82, 2.24) is 19.7 Å². The minimum atomic E-state index is -0.179. The zero-order valence-electron chi connectivity index (χ0n) is 19.3. The normalized spacial score (nSPS) is 17.1. The fourth-order valence-electron chi connectivity index (χ4n) is 4.83. The van der Waals surface area contributed by atoms with E-state index in [4.69, 9.17) is 10.1 Å². The number of hydrogen-bond donors (Lipinski definition) is 0. The molecule has 0 N–H and O–H groups in total. The van der Waals surface area contributed by atoms with Crippen LogP contribution in [0.4, 0.5) is 4.39 Å². The highest BCUT2D eigenvalue weighted by Gasteiger charge is 2.27. The van der Waals surface area contributed by atoms with Crippen LogP contribution in [0.3, 0.4) is 0 Å². The van der Waals surface area contributed by atoms with Gasteiger partial charge in [-0.25, -0.2) is 4.39 Å². The fourth-order valence-corrected chi connectivity index (χ4v) is 4.83. The molecule has 0 spiro atoms. The van der Waals surface area contributed by atoms with Gasteiger partial charge in [-0.1, -0.05) is 12.1 Å². The number of rotatable bonds is 6. The number of halogens is 1. The van der Waals surface area contributed by atoms with Gasteiger partial charge < -0.3 is 0 Å². The number of likely N-dealkylation sites (tertiary alicyclic amines) is 1. The summed E-state index contributed by atoms with van der Waals surface area (Å²) in [6.07, 6.45) is 1.85. The highest BCUT2D eigenvalue weighted by molar-refractivity contribution is 5.31. The SMILES string of the molecule is Cc1cc(Cc2cccc(F)c2)cc([C@@H]2CCN(Cc3c(C)nn(C(C)C)c3C)C2)n1. The molecule has 0 amide bonds. The topological polar surface area (TPSA) is 34.0 Å². The lowest BCUT2D eigenvalue weighted by atomic mass is 9.98. The molecule has 4 nitrogen and oxygen atoms in total. The molecule has 1 aliphatic heterocycles. The van der Waals surface area contributed by atoms with E-state index in [0.29, 0.717) is 12.0 Å². The van der Waals surface area contributed by atoms with E-state index in [0.717, 1.165) is 49.4 Å². The van der Waals surface area contributed by atoms with Gasteiger partial charge in [-0.3, -0.25) is 14.6 Å². The van der Waals surface area contributed by atoms with Gasteiger partial charge in [-0.05, 0) is 89.4 Å². The average molecular weight is 421 g/mol. The first kappa shape index (κ1) is 21.7. The minimum Gasteiger partial charge on any atom is -0.298 e. The molecule has 1 atom stereocenters. The van der Waals surface area contributed by atoms with E-state index in [9.17, 15) is 4.39 Å². The second-order valence-electron chi connectivity index (χ2n) is 9.26. The number of nitrogens with zero attached hydrogens (tertiary/aromatic N) is 4. The molecule has 4 rings (SSSR count). The summed E-state index contributed by atoms with van der Waals surface area (Å²) in [5.74, 6) is 0.258. The zero-order valence-corrected chi connectivity index (χ0v) is 19.3. The van der Waals surface area contributed by atoms with Gasteiger partial charge in [-0.15, -0.1) is 0 Å². The van der Waals surface area contributed by atoms with Gasteiger partial charge in [0.2, 0.25) is 0 Å². The Morgan fingerprint density at radius 1 is 1.10 bits per heavy atom. The highest BCUT2D eigenvalue weighted by Crippen LogP contribution is 2.30. The molecule has 1 aromatic carbocycles. The van der Waals surface area contributed by atoms with E-state index in [-0.39, 0.29) is 5.82 Å². The molecule has 5 heteroatoms. The van der Waals surface area contributed by atoms with Gasteiger partial charge >= 0.3 is 0 Å². The van der Waals surface area contributed by atoms with Gasteiger partial charge in [0, 0.05) is 47.7 Å². The summed E-state index contributed by atoms with van der Waals surface area (Å²) in [5.41, 5.74) is 8.18. The van der Waals surface area contributed by atoms with E-state index >= 15 is 0 Å². The number of hydrogen-bond acceptors (Lipinski definition) is 3. The van der Waals surface area contributed by atoms with Gasteiger partial charge in [-0.2, -0.15) is 5.10 Å². The van der Waals surface area contributed by atoms with E-state index in [1.54, 1.807) is 12.1 Å². The number of pyridine rings is 1. The summed E-state index contributed by atoms with van der Waals surface area (Å²) in [7, 11) is 0. The quantitative estimate of drug-likeness (QED) is 0.528. The monoisotopic (exact) mass is 420 g/mol. The number of benzene rings is 1. The van der Waals surface area contributed by atoms with Crippen molar-refractivity contribution in [2.24, 2.45) is 0 Å².